The van der Waals surface area contributed by atoms with Crippen molar-refractivity contribution in [2.45, 2.75) is 45.3 Å². The van der Waals surface area contributed by atoms with Gasteiger partial charge in [-0.05, 0) is 26.3 Å². The van der Waals surface area contributed by atoms with Crippen LogP contribution in [0.3, 0.4) is 0 Å². The van der Waals surface area contributed by atoms with Gasteiger partial charge >= 0.3 is 0 Å². The van der Waals surface area contributed by atoms with Crippen molar-refractivity contribution in [3.63, 3.8) is 0 Å². The van der Waals surface area contributed by atoms with Crippen molar-refractivity contribution in [1.82, 2.24) is 24.8 Å². The first-order valence-corrected chi connectivity index (χ1v) is 8.87. The van der Waals surface area contributed by atoms with Gasteiger partial charge in [-0.15, -0.1) is 0 Å². The second kappa shape index (κ2) is 7.19. The van der Waals surface area contributed by atoms with Gasteiger partial charge in [0.05, 0.1) is 13.1 Å². The Kier molecular flexibility index (Phi) is 4.61. The number of rotatable bonds is 5. The predicted molar refractivity (Wildman–Crippen MR) is 94.7 cm³/mol. The van der Waals surface area contributed by atoms with E-state index in [1.807, 2.05) is 4.68 Å². The lowest BCUT2D eigenvalue weighted by atomic mass is 10.0. The Hall–Kier alpha value is -2.47. The molecule has 4 rings (SSSR count). The lowest BCUT2D eigenvalue weighted by Crippen LogP contribution is -2.41. The van der Waals surface area contributed by atoms with Gasteiger partial charge in [0.2, 0.25) is 0 Å². The molecule has 1 aliphatic heterocycles. The number of piperidine rings is 1. The molecule has 0 bridgehead atoms. The van der Waals surface area contributed by atoms with Crippen LogP contribution in [0.5, 0.6) is 0 Å². The summed E-state index contributed by atoms with van der Waals surface area (Å²) in [5.74, 6) is 0.918. The molecule has 1 saturated heterocycles. The van der Waals surface area contributed by atoms with Crippen LogP contribution in [-0.4, -0.2) is 37.4 Å². The number of aromatic nitrogens is 4. The van der Waals surface area contributed by atoms with Crippen molar-refractivity contribution in [3.8, 4) is 11.3 Å². The van der Waals surface area contributed by atoms with E-state index in [0.717, 1.165) is 36.7 Å². The first kappa shape index (κ1) is 16.0. The molecule has 1 atom stereocenters. The second-order valence-electron chi connectivity index (χ2n) is 6.78. The van der Waals surface area contributed by atoms with Crippen LogP contribution in [0.15, 0.2) is 47.5 Å². The van der Waals surface area contributed by atoms with Crippen molar-refractivity contribution in [2.75, 3.05) is 6.54 Å². The number of hydrogen-bond acceptors (Lipinski definition) is 5. The maximum Gasteiger partial charge on any atom is 0.151 e. The Bertz CT molecular complexity index is 794. The fourth-order valence-electron chi connectivity index (χ4n) is 3.47. The van der Waals surface area contributed by atoms with E-state index >= 15 is 0 Å². The standard InChI is InChI=1S/C19H23N5O/c1-15-5-7-16(8-6-15)19-10-18(25-22-19)12-23-9-3-2-4-17(23)11-24-14-20-13-21-24/h5-8,10,13-14,17H,2-4,9,11-12H2,1H3/t17-/m1/s1. The van der Waals surface area contributed by atoms with Crippen molar-refractivity contribution < 1.29 is 4.52 Å². The highest BCUT2D eigenvalue weighted by molar-refractivity contribution is 5.59. The number of benzene rings is 1. The summed E-state index contributed by atoms with van der Waals surface area (Å²) in [6.45, 7) is 4.83. The lowest BCUT2D eigenvalue weighted by molar-refractivity contribution is 0.110. The maximum atomic E-state index is 5.61. The summed E-state index contributed by atoms with van der Waals surface area (Å²) in [5.41, 5.74) is 3.25. The average molecular weight is 337 g/mol. The van der Waals surface area contributed by atoms with Gasteiger partial charge in [-0.3, -0.25) is 9.58 Å². The highest BCUT2D eigenvalue weighted by Gasteiger charge is 2.24. The predicted octanol–water partition coefficient (Wildman–Crippen LogP) is 3.30. The molecule has 0 aliphatic carbocycles. The molecule has 3 aromatic rings. The second-order valence-corrected chi connectivity index (χ2v) is 6.78. The topological polar surface area (TPSA) is 60.0 Å². The van der Waals surface area contributed by atoms with Gasteiger partial charge in [-0.2, -0.15) is 5.10 Å². The minimum Gasteiger partial charge on any atom is -0.359 e. The molecule has 2 aromatic heterocycles. The third-order valence-electron chi connectivity index (χ3n) is 4.88. The molecule has 0 spiro atoms. The summed E-state index contributed by atoms with van der Waals surface area (Å²) >= 11 is 0. The van der Waals surface area contributed by atoms with Crippen LogP contribution in [0.25, 0.3) is 11.3 Å². The van der Waals surface area contributed by atoms with Crippen LogP contribution in [0.4, 0.5) is 0 Å². The van der Waals surface area contributed by atoms with Crippen LogP contribution >= 0.6 is 0 Å². The first-order valence-electron chi connectivity index (χ1n) is 8.87. The average Bonchev–Trinajstić information content (AvgIpc) is 3.29. The summed E-state index contributed by atoms with van der Waals surface area (Å²) < 4.78 is 7.53. The number of nitrogens with zero attached hydrogens (tertiary/aromatic N) is 5. The van der Waals surface area contributed by atoms with E-state index in [-0.39, 0.29) is 0 Å². The van der Waals surface area contributed by atoms with Crippen LogP contribution in [0.2, 0.25) is 0 Å². The SMILES string of the molecule is Cc1ccc(-c2cc(CN3CCCC[C@@H]3Cn3cncn3)on2)cc1. The summed E-state index contributed by atoms with van der Waals surface area (Å²) in [6.07, 6.45) is 7.06. The van der Waals surface area contributed by atoms with Crippen LogP contribution in [0.1, 0.15) is 30.6 Å². The van der Waals surface area contributed by atoms with Crippen LogP contribution in [-0.2, 0) is 13.1 Å². The maximum absolute atomic E-state index is 5.61. The molecular formula is C19H23N5O. The van der Waals surface area contributed by atoms with Gasteiger partial charge in [0.15, 0.2) is 5.76 Å². The molecule has 1 fully saturated rings. The quantitative estimate of drug-likeness (QED) is 0.715. The van der Waals surface area contributed by atoms with Gasteiger partial charge in [-0.25, -0.2) is 4.98 Å². The molecule has 0 saturated carbocycles. The minimum atomic E-state index is 0.461. The van der Waals surface area contributed by atoms with Gasteiger partial charge in [-0.1, -0.05) is 41.4 Å². The molecule has 130 valence electrons. The molecule has 0 N–H and O–H groups in total. The number of aryl methyl sites for hydroxylation is 1. The van der Waals surface area contributed by atoms with Crippen molar-refractivity contribution in [1.29, 1.82) is 0 Å². The lowest BCUT2D eigenvalue weighted by Gasteiger charge is -2.34. The molecule has 25 heavy (non-hydrogen) atoms. The molecule has 0 radical (unpaired) electrons. The zero-order valence-corrected chi connectivity index (χ0v) is 14.5. The van der Waals surface area contributed by atoms with Crippen LogP contribution in [0, 0.1) is 6.92 Å². The van der Waals surface area contributed by atoms with E-state index < -0.39 is 0 Å². The Balaban J connectivity index is 1.45. The molecule has 1 aliphatic rings. The van der Waals surface area contributed by atoms with E-state index in [1.54, 1.807) is 12.7 Å². The third-order valence-corrected chi connectivity index (χ3v) is 4.88. The fourth-order valence-corrected chi connectivity index (χ4v) is 3.47. The normalized spacial score (nSPS) is 18.5. The molecule has 0 unspecified atom stereocenters. The Morgan fingerprint density at radius 2 is 2.08 bits per heavy atom. The number of likely N-dealkylation sites (tertiary alicyclic amines) is 1. The first-order chi connectivity index (χ1) is 12.3. The van der Waals surface area contributed by atoms with E-state index in [0.29, 0.717) is 6.04 Å². The van der Waals surface area contributed by atoms with Crippen molar-refractivity contribution >= 4 is 0 Å². The zero-order valence-electron chi connectivity index (χ0n) is 14.5. The highest BCUT2D eigenvalue weighted by Crippen LogP contribution is 2.24. The van der Waals surface area contributed by atoms with Gasteiger partial charge in [0.1, 0.15) is 18.3 Å². The molecular weight excluding hydrogens is 314 g/mol. The van der Waals surface area contributed by atoms with E-state index in [9.17, 15) is 0 Å². The Labute approximate surface area is 147 Å². The summed E-state index contributed by atoms with van der Waals surface area (Å²) in [4.78, 5) is 6.52. The number of hydrogen-bond donors (Lipinski definition) is 0. The van der Waals surface area contributed by atoms with Gasteiger partial charge in [0, 0.05) is 17.7 Å². The molecule has 6 nitrogen and oxygen atoms in total. The summed E-state index contributed by atoms with van der Waals surface area (Å²) in [5, 5.41) is 8.50. The van der Waals surface area contributed by atoms with Gasteiger partial charge in [0.25, 0.3) is 0 Å². The molecule has 3 heterocycles. The minimum absolute atomic E-state index is 0.461. The third kappa shape index (κ3) is 3.79. The largest absolute Gasteiger partial charge is 0.359 e. The summed E-state index contributed by atoms with van der Waals surface area (Å²) in [7, 11) is 0. The Morgan fingerprint density at radius 1 is 1.20 bits per heavy atom. The molecule has 6 heteroatoms. The Morgan fingerprint density at radius 3 is 2.88 bits per heavy atom. The monoisotopic (exact) mass is 337 g/mol. The van der Waals surface area contributed by atoms with Crippen molar-refractivity contribution in [2.24, 2.45) is 0 Å². The zero-order chi connectivity index (χ0) is 17.1. The van der Waals surface area contributed by atoms with Crippen molar-refractivity contribution in [3.05, 3.63) is 54.3 Å². The van der Waals surface area contributed by atoms with E-state index in [2.05, 4.69) is 57.4 Å². The molecule has 0 amide bonds. The fraction of sp³-hybridized carbons (Fsp3) is 0.421. The van der Waals surface area contributed by atoms with Gasteiger partial charge < -0.3 is 4.52 Å². The van der Waals surface area contributed by atoms with E-state index in [4.69, 9.17) is 4.52 Å². The molecule has 1 aromatic carbocycles. The van der Waals surface area contributed by atoms with E-state index in [1.165, 1.54) is 24.8 Å². The highest BCUT2D eigenvalue weighted by atomic mass is 16.5. The smallest absolute Gasteiger partial charge is 0.151 e. The van der Waals surface area contributed by atoms with Crippen LogP contribution < -0.4 is 0 Å². The summed E-state index contributed by atoms with van der Waals surface area (Å²) in [6, 6.07) is 10.9.